The SMILES string of the molecule is Cc1cccc2cccc(N3CCc4c(nc(OC[C@@H]5CCCN5C)nc4C4CC5CCC(C4)N5)C3)c12. The van der Waals surface area contributed by atoms with Crippen molar-refractivity contribution >= 4 is 16.5 Å². The molecule has 0 spiro atoms. The Kier molecular flexibility index (Phi) is 6.05. The van der Waals surface area contributed by atoms with E-state index in [2.05, 4.69) is 65.5 Å². The molecule has 4 aliphatic heterocycles. The quantitative estimate of drug-likeness (QED) is 0.537. The summed E-state index contributed by atoms with van der Waals surface area (Å²) < 4.78 is 6.36. The molecule has 3 atom stereocenters. The van der Waals surface area contributed by atoms with Crippen molar-refractivity contribution in [1.29, 1.82) is 0 Å². The van der Waals surface area contributed by atoms with E-state index in [-0.39, 0.29) is 0 Å². The van der Waals surface area contributed by atoms with E-state index < -0.39 is 0 Å². The van der Waals surface area contributed by atoms with Gasteiger partial charge < -0.3 is 19.9 Å². The molecule has 6 heteroatoms. The zero-order valence-corrected chi connectivity index (χ0v) is 22.2. The van der Waals surface area contributed by atoms with Crippen molar-refractivity contribution in [3.05, 3.63) is 58.9 Å². The maximum absolute atomic E-state index is 6.36. The van der Waals surface area contributed by atoms with Gasteiger partial charge in [0.05, 0.1) is 17.9 Å². The summed E-state index contributed by atoms with van der Waals surface area (Å²) in [5.41, 5.74) is 6.49. The van der Waals surface area contributed by atoms with E-state index in [1.165, 1.54) is 77.5 Å². The molecule has 0 amide bonds. The number of benzene rings is 2. The van der Waals surface area contributed by atoms with Crippen LogP contribution >= 0.6 is 0 Å². The van der Waals surface area contributed by atoms with Gasteiger partial charge in [-0.2, -0.15) is 9.97 Å². The third-order valence-corrected chi connectivity index (χ3v) is 9.44. The first-order chi connectivity index (χ1) is 18.1. The molecule has 3 saturated heterocycles. The van der Waals surface area contributed by atoms with Crippen LogP contribution in [-0.4, -0.2) is 59.7 Å². The normalized spacial score (nSPS) is 27.6. The summed E-state index contributed by atoms with van der Waals surface area (Å²) in [6.45, 7) is 5.87. The van der Waals surface area contributed by atoms with Crippen LogP contribution in [-0.2, 0) is 13.0 Å². The van der Waals surface area contributed by atoms with E-state index in [0.717, 1.165) is 26.1 Å². The molecular formula is C31H39N5O. The topological polar surface area (TPSA) is 53.5 Å². The van der Waals surface area contributed by atoms with Crippen molar-refractivity contribution < 1.29 is 4.74 Å². The zero-order chi connectivity index (χ0) is 24.9. The number of nitrogens with zero attached hydrogens (tertiary/aromatic N) is 4. The number of nitrogens with one attached hydrogen (secondary N) is 1. The molecule has 6 nitrogen and oxygen atoms in total. The Morgan fingerprint density at radius 3 is 2.59 bits per heavy atom. The minimum Gasteiger partial charge on any atom is -0.462 e. The maximum Gasteiger partial charge on any atom is 0.316 e. The number of ether oxygens (including phenoxy) is 1. The number of rotatable bonds is 5. The van der Waals surface area contributed by atoms with Gasteiger partial charge in [-0.1, -0.05) is 30.3 Å². The lowest BCUT2D eigenvalue weighted by molar-refractivity contribution is 0.186. The van der Waals surface area contributed by atoms with Gasteiger partial charge in [-0.15, -0.1) is 0 Å². The van der Waals surface area contributed by atoms with E-state index in [0.29, 0.717) is 36.7 Å². The summed E-state index contributed by atoms with van der Waals surface area (Å²) in [5.74, 6) is 0.512. The lowest BCUT2D eigenvalue weighted by Crippen LogP contribution is -2.39. The molecule has 0 saturated carbocycles. The Bertz CT molecular complexity index is 1290. The van der Waals surface area contributed by atoms with Crippen LogP contribution in [0.4, 0.5) is 5.69 Å². The summed E-state index contributed by atoms with van der Waals surface area (Å²) in [6, 6.07) is 15.6. The van der Waals surface area contributed by atoms with E-state index >= 15 is 0 Å². The second-order valence-corrected chi connectivity index (χ2v) is 11.8. The Hall–Kier alpha value is -2.70. The van der Waals surface area contributed by atoms with E-state index in [1.54, 1.807) is 0 Å². The number of piperidine rings is 1. The van der Waals surface area contributed by atoms with Crippen LogP contribution in [0.2, 0.25) is 0 Å². The molecule has 4 aliphatic rings. The first-order valence-corrected chi connectivity index (χ1v) is 14.3. The highest BCUT2D eigenvalue weighted by Gasteiger charge is 2.37. The highest BCUT2D eigenvalue weighted by Crippen LogP contribution is 2.40. The molecule has 2 bridgehead atoms. The monoisotopic (exact) mass is 497 g/mol. The number of hydrogen-bond donors (Lipinski definition) is 1. The Morgan fingerprint density at radius 1 is 1.00 bits per heavy atom. The average molecular weight is 498 g/mol. The molecule has 1 aromatic heterocycles. The fraction of sp³-hybridized carbons (Fsp3) is 0.548. The summed E-state index contributed by atoms with van der Waals surface area (Å²) in [4.78, 5) is 15.2. The van der Waals surface area contributed by atoms with Gasteiger partial charge in [-0.3, -0.25) is 0 Å². The number of hydrogen-bond acceptors (Lipinski definition) is 6. The standard InChI is InChI=1S/C31H39N5O/c1-20-6-3-7-21-8-4-10-28(29(20)21)36-15-13-26-27(18-36)33-31(37-19-25-9-5-14-35(25)2)34-30(26)22-16-23-11-12-24(17-22)32-23/h3-4,6-8,10,22-25,32H,5,9,11-19H2,1-2H3/t22?,23?,24?,25-/m0/s1. The van der Waals surface area contributed by atoms with Crippen molar-refractivity contribution in [3.8, 4) is 6.01 Å². The number of fused-ring (bicyclic) bond motifs is 4. The van der Waals surface area contributed by atoms with Gasteiger partial charge >= 0.3 is 6.01 Å². The van der Waals surface area contributed by atoms with Gasteiger partial charge in [0.15, 0.2) is 0 Å². The van der Waals surface area contributed by atoms with E-state index in [4.69, 9.17) is 14.7 Å². The molecule has 3 fully saturated rings. The summed E-state index contributed by atoms with van der Waals surface area (Å²) >= 11 is 0. The molecule has 37 heavy (non-hydrogen) atoms. The van der Waals surface area contributed by atoms with Crippen molar-refractivity contribution in [1.82, 2.24) is 20.2 Å². The predicted molar refractivity (Wildman–Crippen MR) is 149 cm³/mol. The second-order valence-electron chi connectivity index (χ2n) is 11.8. The largest absolute Gasteiger partial charge is 0.462 e. The minimum absolute atomic E-state index is 0.466. The third kappa shape index (κ3) is 4.38. The van der Waals surface area contributed by atoms with Crippen molar-refractivity contribution in [2.75, 3.05) is 31.6 Å². The first-order valence-electron chi connectivity index (χ1n) is 14.3. The molecule has 3 aromatic rings. The summed E-state index contributed by atoms with van der Waals surface area (Å²) in [6.07, 6.45) is 8.43. The fourth-order valence-corrected chi connectivity index (χ4v) is 7.45. The van der Waals surface area contributed by atoms with Gasteiger partial charge in [0, 0.05) is 41.7 Å². The average Bonchev–Trinajstić information content (AvgIpc) is 3.49. The molecule has 2 unspecified atom stereocenters. The number of anilines is 1. The predicted octanol–water partition coefficient (Wildman–Crippen LogP) is 4.97. The lowest BCUT2D eigenvalue weighted by atomic mass is 9.85. The number of likely N-dealkylation sites (tertiary alicyclic amines) is 1. The van der Waals surface area contributed by atoms with Gasteiger partial charge in [-0.05, 0) is 88.0 Å². The van der Waals surface area contributed by atoms with Crippen LogP contribution in [0.15, 0.2) is 36.4 Å². The Labute approximate surface area is 220 Å². The number of aryl methyl sites for hydroxylation is 1. The number of aromatic nitrogens is 2. The van der Waals surface area contributed by atoms with Gasteiger partial charge in [-0.25, -0.2) is 0 Å². The molecule has 7 rings (SSSR count). The highest BCUT2D eigenvalue weighted by molar-refractivity contribution is 5.96. The molecule has 0 aliphatic carbocycles. The van der Waals surface area contributed by atoms with Gasteiger partial charge in [0.25, 0.3) is 0 Å². The molecule has 0 radical (unpaired) electrons. The van der Waals surface area contributed by atoms with Crippen LogP contribution in [0.3, 0.4) is 0 Å². The van der Waals surface area contributed by atoms with Gasteiger partial charge in [0.1, 0.15) is 6.61 Å². The lowest BCUT2D eigenvalue weighted by Gasteiger charge is -2.35. The van der Waals surface area contributed by atoms with Crippen LogP contribution in [0.1, 0.15) is 67.0 Å². The second kappa shape index (κ2) is 9.55. The molecular weight excluding hydrogens is 458 g/mol. The first kappa shape index (κ1) is 23.4. The van der Waals surface area contributed by atoms with Crippen molar-refractivity contribution in [3.63, 3.8) is 0 Å². The van der Waals surface area contributed by atoms with Crippen LogP contribution in [0.25, 0.3) is 10.8 Å². The number of likely N-dealkylation sites (N-methyl/N-ethyl adjacent to an activating group) is 1. The van der Waals surface area contributed by atoms with Crippen molar-refractivity contribution in [2.24, 2.45) is 0 Å². The van der Waals surface area contributed by atoms with Crippen LogP contribution < -0.4 is 15.0 Å². The fourth-order valence-electron chi connectivity index (χ4n) is 7.45. The van der Waals surface area contributed by atoms with Crippen molar-refractivity contribution in [2.45, 2.75) is 82.5 Å². The van der Waals surface area contributed by atoms with E-state index in [9.17, 15) is 0 Å². The van der Waals surface area contributed by atoms with Crippen LogP contribution in [0, 0.1) is 6.92 Å². The smallest absolute Gasteiger partial charge is 0.316 e. The minimum atomic E-state index is 0.466. The molecule has 2 aromatic carbocycles. The maximum atomic E-state index is 6.36. The summed E-state index contributed by atoms with van der Waals surface area (Å²) in [5, 5.41) is 6.48. The Balaban J connectivity index is 1.23. The van der Waals surface area contributed by atoms with Crippen LogP contribution in [0.5, 0.6) is 6.01 Å². The van der Waals surface area contributed by atoms with Gasteiger partial charge in [0.2, 0.25) is 0 Å². The highest BCUT2D eigenvalue weighted by atomic mass is 16.5. The molecule has 1 N–H and O–H groups in total. The summed E-state index contributed by atoms with van der Waals surface area (Å²) in [7, 11) is 2.20. The van der Waals surface area contributed by atoms with E-state index in [1.807, 2.05) is 0 Å². The molecule has 194 valence electrons. The Morgan fingerprint density at radius 2 is 1.81 bits per heavy atom. The third-order valence-electron chi connectivity index (χ3n) is 9.44. The zero-order valence-electron chi connectivity index (χ0n) is 22.2. The molecule has 5 heterocycles.